The van der Waals surface area contributed by atoms with E-state index in [0.717, 1.165) is 31.2 Å². The zero-order valence-corrected chi connectivity index (χ0v) is 15.7. The number of hydrogen-bond acceptors (Lipinski definition) is 4. The van der Waals surface area contributed by atoms with Gasteiger partial charge in [-0.15, -0.1) is 0 Å². The van der Waals surface area contributed by atoms with Gasteiger partial charge >= 0.3 is 5.69 Å². The number of carbonyl (C=O) groups excluding carboxylic acids is 1. The van der Waals surface area contributed by atoms with Gasteiger partial charge in [0.2, 0.25) is 11.5 Å². The van der Waals surface area contributed by atoms with Crippen LogP contribution in [0.15, 0.2) is 28.8 Å². The minimum absolute atomic E-state index is 0.109. The molecule has 1 saturated carbocycles. The average Bonchev–Trinajstić information content (AvgIpc) is 3.03. The molecule has 1 aliphatic rings. The lowest BCUT2D eigenvalue weighted by molar-refractivity contribution is -0.429. The molecule has 0 radical (unpaired) electrons. The van der Waals surface area contributed by atoms with Gasteiger partial charge in [0.15, 0.2) is 7.05 Å². The smallest absolute Gasteiger partial charge is 0.330 e. The fourth-order valence-electron chi connectivity index (χ4n) is 3.66. The number of benzene rings is 1. The number of aryl methyl sites for hydroxylation is 2. The summed E-state index contributed by atoms with van der Waals surface area (Å²) in [7, 11) is 1.36. The van der Waals surface area contributed by atoms with E-state index in [2.05, 4.69) is 17.3 Å². The monoisotopic (exact) mass is 356 g/mol. The molecule has 0 atom stereocenters. The predicted molar refractivity (Wildman–Crippen MR) is 98.4 cm³/mol. The third-order valence-corrected chi connectivity index (χ3v) is 5.10. The highest BCUT2D eigenvalue weighted by Crippen LogP contribution is 2.29. The van der Waals surface area contributed by atoms with Gasteiger partial charge in [-0.2, -0.15) is 0 Å². The Balaban J connectivity index is 1.93. The summed E-state index contributed by atoms with van der Waals surface area (Å²) >= 11 is 0. The molecular weight excluding hydrogens is 330 g/mol. The van der Waals surface area contributed by atoms with Gasteiger partial charge < -0.3 is 9.42 Å². The molecule has 2 aromatic rings. The maximum atomic E-state index is 13.3. The van der Waals surface area contributed by atoms with Crippen LogP contribution in [0, 0.1) is 18.8 Å². The Labute approximate surface area is 153 Å². The van der Waals surface area contributed by atoms with Crippen LogP contribution in [-0.2, 0) is 6.54 Å². The van der Waals surface area contributed by atoms with E-state index in [1.807, 2.05) is 24.0 Å². The molecule has 0 aliphatic heterocycles. The molecule has 1 fully saturated rings. The molecule has 1 aromatic carbocycles. The second-order valence-electron chi connectivity index (χ2n) is 7.14. The Morgan fingerprint density at radius 3 is 2.46 bits per heavy atom. The van der Waals surface area contributed by atoms with E-state index in [1.165, 1.54) is 19.0 Å². The molecule has 0 N–H and O–H groups in total. The highest BCUT2D eigenvalue weighted by atomic mass is 16.5. The van der Waals surface area contributed by atoms with Crippen molar-refractivity contribution in [3.8, 4) is 0 Å². The van der Waals surface area contributed by atoms with Crippen molar-refractivity contribution in [3.05, 3.63) is 51.8 Å². The van der Waals surface area contributed by atoms with Gasteiger partial charge in [-0.1, -0.05) is 54.2 Å². The van der Waals surface area contributed by atoms with E-state index in [-0.39, 0.29) is 23.3 Å². The average molecular weight is 356 g/mol. The fourth-order valence-corrected chi connectivity index (χ4v) is 3.66. The first kappa shape index (κ1) is 18.3. The maximum Gasteiger partial charge on any atom is 0.330 e. The lowest BCUT2D eigenvalue weighted by Gasteiger charge is -2.34. The number of amides is 1. The van der Waals surface area contributed by atoms with Crippen LogP contribution in [0.25, 0.3) is 0 Å². The van der Waals surface area contributed by atoms with Crippen molar-refractivity contribution in [1.82, 2.24) is 10.1 Å². The molecule has 0 saturated heterocycles. The fraction of sp³-hybridized carbons (Fsp3) is 0.500. The van der Waals surface area contributed by atoms with Gasteiger partial charge in [0.1, 0.15) is 0 Å². The van der Waals surface area contributed by atoms with Crippen LogP contribution in [0.5, 0.6) is 0 Å². The summed E-state index contributed by atoms with van der Waals surface area (Å²) in [6.07, 6.45) is 5.41. The number of hydrogen-bond donors (Lipinski definition) is 0. The summed E-state index contributed by atoms with van der Waals surface area (Å²) in [5, 5.41) is 3.90. The lowest BCUT2D eigenvalue weighted by Crippen LogP contribution is -2.41. The summed E-state index contributed by atoms with van der Waals surface area (Å²) in [5.41, 5.74) is 2.59. The molecule has 6 heteroatoms. The van der Waals surface area contributed by atoms with Crippen LogP contribution in [0.2, 0.25) is 0 Å². The van der Waals surface area contributed by atoms with Crippen LogP contribution in [0.1, 0.15) is 59.5 Å². The molecule has 1 aliphatic carbocycles. The van der Waals surface area contributed by atoms with Crippen molar-refractivity contribution in [1.29, 1.82) is 0 Å². The molecule has 3 rings (SSSR count). The summed E-state index contributed by atoms with van der Waals surface area (Å²) in [4.78, 5) is 27.1. The van der Waals surface area contributed by atoms with E-state index < -0.39 is 0 Å². The summed E-state index contributed by atoms with van der Waals surface area (Å²) in [6.45, 7) is 4.21. The SMILES string of the molecule is Cc1ccc(CN(C(=O)c2noc(C)c2[N+](C)=O)C2CCCCC2)cc1. The van der Waals surface area contributed by atoms with Crippen molar-refractivity contribution in [2.75, 3.05) is 7.05 Å². The molecule has 0 bridgehead atoms. The highest BCUT2D eigenvalue weighted by Gasteiger charge is 2.35. The number of nitrogens with zero attached hydrogens (tertiary/aromatic N) is 3. The molecule has 26 heavy (non-hydrogen) atoms. The van der Waals surface area contributed by atoms with Crippen molar-refractivity contribution < 1.29 is 14.1 Å². The topological polar surface area (TPSA) is 66.4 Å². The van der Waals surface area contributed by atoms with Crippen molar-refractivity contribution in [2.45, 2.75) is 58.5 Å². The largest absolute Gasteiger partial charge is 0.353 e. The molecule has 1 amide bonds. The summed E-state index contributed by atoms with van der Waals surface area (Å²) < 4.78 is 5.80. The molecular formula is C20H26N3O3+. The standard InChI is InChI=1S/C20H26N3O3/c1-14-9-11-16(12-10-14)13-23(17-7-5-4-6-8-17)20(24)18-19(22(3)25)15(2)26-21-18/h9-12,17H,4-8,13H2,1-3H3/q+1. The zero-order chi connectivity index (χ0) is 18.7. The number of rotatable bonds is 5. The van der Waals surface area contributed by atoms with Gasteiger partial charge in [-0.3, -0.25) is 4.79 Å². The Kier molecular flexibility index (Phi) is 5.49. The highest BCUT2D eigenvalue weighted by molar-refractivity contribution is 5.96. The first-order valence-electron chi connectivity index (χ1n) is 9.21. The van der Waals surface area contributed by atoms with Gasteiger partial charge in [-0.05, 0) is 25.3 Å². The van der Waals surface area contributed by atoms with Gasteiger partial charge in [0.05, 0.1) is 0 Å². The van der Waals surface area contributed by atoms with Crippen molar-refractivity contribution in [2.24, 2.45) is 0 Å². The van der Waals surface area contributed by atoms with Crippen molar-refractivity contribution >= 4 is 11.6 Å². The lowest BCUT2D eigenvalue weighted by atomic mass is 9.93. The molecule has 138 valence electrons. The van der Waals surface area contributed by atoms with E-state index in [4.69, 9.17) is 4.52 Å². The third kappa shape index (κ3) is 3.84. The van der Waals surface area contributed by atoms with E-state index in [0.29, 0.717) is 17.1 Å². The normalized spacial score (nSPS) is 15.0. The van der Waals surface area contributed by atoms with Crippen LogP contribution >= 0.6 is 0 Å². The first-order valence-corrected chi connectivity index (χ1v) is 9.21. The molecule has 0 unspecified atom stereocenters. The summed E-state index contributed by atoms with van der Waals surface area (Å²) in [5.74, 6) is 0.136. The zero-order valence-electron chi connectivity index (χ0n) is 15.7. The Morgan fingerprint density at radius 1 is 1.19 bits per heavy atom. The van der Waals surface area contributed by atoms with E-state index in [9.17, 15) is 9.70 Å². The quantitative estimate of drug-likeness (QED) is 0.749. The van der Waals surface area contributed by atoms with Crippen LogP contribution in [-0.4, -0.2) is 33.8 Å². The predicted octanol–water partition coefficient (Wildman–Crippen LogP) is 4.31. The van der Waals surface area contributed by atoms with Gasteiger partial charge in [0, 0.05) is 29.2 Å². The minimum atomic E-state index is -0.230. The van der Waals surface area contributed by atoms with Crippen LogP contribution in [0.3, 0.4) is 0 Å². The number of nitroso groups, excluding NO2 is 1. The number of aromatic nitrogens is 1. The first-order chi connectivity index (χ1) is 12.5. The second-order valence-corrected chi connectivity index (χ2v) is 7.14. The molecule has 1 heterocycles. The third-order valence-electron chi connectivity index (χ3n) is 5.10. The molecule has 0 spiro atoms. The molecule has 6 nitrogen and oxygen atoms in total. The van der Waals surface area contributed by atoms with Crippen LogP contribution in [0.4, 0.5) is 5.69 Å². The van der Waals surface area contributed by atoms with Gasteiger partial charge in [-0.25, -0.2) is 0 Å². The van der Waals surface area contributed by atoms with E-state index in [1.54, 1.807) is 6.92 Å². The minimum Gasteiger partial charge on any atom is -0.353 e. The summed E-state index contributed by atoms with van der Waals surface area (Å²) in [6, 6.07) is 8.37. The second kappa shape index (κ2) is 7.81. The van der Waals surface area contributed by atoms with Gasteiger partial charge in [0.25, 0.3) is 5.91 Å². The Hall–Kier alpha value is -2.50. The van der Waals surface area contributed by atoms with Crippen molar-refractivity contribution in [3.63, 3.8) is 0 Å². The van der Waals surface area contributed by atoms with Crippen LogP contribution < -0.4 is 0 Å². The maximum absolute atomic E-state index is 13.3. The molecule has 1 aromatic heterocycles. The number of carbonyl (C=O) groups is 1. The van der Waals surface area contributed by atoms with E-state index >= 15 is 0 Å². The Morgan fingerprint density at radius 2 is 1.85 bits per heavy atom. The Bertz CT molecular complexity index is 789.